The second-order valence-electron chi connectivity index (χ2n) is 8.38. The van der Waals surface area contributed by atoms with Crippen molar-refractivity contribution in [1.82, 2.24) is 10.2 Å². The number of alkyl halides is 3. The lowest BCUT2D eigenvalue weighted by Crippen LogP contribution is -2.31. The first-order valence-corrected chi connectivity index (χ1v) is 10.7. The van der Waals surface area contributed by atoms with Gasteiger partial charge in [0.1, 0.15) is 0 Å². The number of aromatic nitrogens is 2. The molecule has 3 aromatic carbocycles. The molecule has 1 aliphatic rings. The van der Waals surface area contributed by atoms with Crippen LogP contribution in [0.2, 0.25) is 0 Å². The number of hydrogen-bond donors (Lipinski definition) is 3. The topological polar surface area (TPSA) is 87.6 Å². The third-order valence-electron chi connectivity index (χ3n) is 6.53. The fourth-order valence-electron chi connectivity index (χ4n) is 5.03. The van der Waals surface area contributed by atoms with Crippen molar-refractivity contribution in [2.75, 3.05) is 14.2 Å². The lowest BCUT2D eigenvalue weighted by Gasteiger charge is -2.34. The maximum absolute atomic E-state index is 14.7. The van der Waals surface area contributed by atoms with Crippen LogP contribution in [0.25, 0.3) is 11.3 Å². The van der Waals surface area contributed by atoms with Gasteiger partial charge in [0.05, 0.1) is 30.9 Å². The molecular weight excluding hydrogens is 461 g/mol. The summed E-state index contributed by atoms with van der Waals surface area (Å²) in [6.45, 7) is 0. The third kappa shape index (κ3) is 3.46. The van der Waals surface area contributed by atoms with E-state index in [4.69, 9.17) is 9.47 Å². The predicted molar refractivity (Wildman–Crippen MR) is 122 cm³/mol. The summed E-state index contributed by atoms with van der Waals surface area (Å²) in [5, 5.41) is 27.0. The average molecular weight is 482 g/mol. The smallest absolute Gasteiger partial charge is 0.417 e. The summed E-state index contributed by atoms with van der Waals surface area (Å²) in [4.78, 5) is 0. The minimum Gasteiger partial charge on any atom is -0.504 e. The average Bonchev–Trinajstić information content (AvgIpc) is 3.46. The maximum atomic E-state index is 14.7. The highest BCUT2D eigenvalue weighted by Gasteiger charge is 2.50. The molecule has 0 aliphatic heterocycles. The minimum atomic E-state index is -4.69. The van der Waals surface area contributed by atoms with Gasteiger partial charge in [-0.1, -0.05) is 18.2 Å². The SMILES string of the molecule is COc1cc(C2(c3ccc(O)c(OC)c3)Cc3cc(-c4cc[nH]n4)c(C(F)(F)F)c2c3)ccc1O. The first-order valence-electron chi connectivity index (χ1n) is 10.7. The number of ether oxygens (including phenoxy) is 2. The number of phenolic OH excluding ortho intramolecular Hbond substituents is 2. The van der Waals surface area contributed by atoms with Crippen LogP contribution in [0, 0.1) is 0 Å². The van der Waals surface area contributed by atoms with E-state index in [2.05, 4.69) is 10.2 Å². The van der Waals surface area contributed by atoms with E-state index in [0.717, 1.165) is 0 Å². The van der Waals surface area contributed by atoms with Crippen molar-refractivity contribution in [2.45, 2.75) is 18.0 Å². The number of rotatable bonds is 5. The molecule has 180 valence electrons. The van der Waals surface area contributed by atoms with E-state index in [9.17, 15) is 23.4 Å². The Bertz CT molecular complexity index is 1360. The summed E-state index contributed by atoms with van der Waals surface area (Å²) >= 11 is 0. The predicted octanol–water partition coefficient (Wildman–Crippen LogP) is 5.41. The Morgan fingerprint density at radius 3 is 1.97 bits per heavy atom. The molecule has 0 spiro atoms. The minimum absolute atomic E-state index is 0.0235. The van der Waals surface area contributed by atoms with E-state index in [1.165, 1.54) is 44.7 Å². The van der Waals surface area contributed by atoms with Gasteiger partial charge in [-0.05, 0) is 65.1 Å². The molecule has 3 N–H and O–H groups in total. The normalized spacial score (nSPS) is 14.2. The number of aromatic hydroxyl groups is 2. The number of halogens is 3. The number of aromatic amines is 1. The Hall–Kier alpha value is -4.14. The molecule has 2 bridgehead atoms. The summed E-state index contributed by atoms with van der Waals surface area (Å²) in [6, 6.07) is 13.6. The molecule has 1 aliphatic carbocycles. The summed E-state index contributed by atoms with van der Waals surface area (Å²) < 4.78 is 54.8. The number of methoxy groups -OCH3 is 2. The highest BCUT2D eigenvalue weighted by atomic mass is 19.4. The molecule has 0 fully saturated rings. The van der Waals surface area contributed by atoms with Crippen LogP contribution in [-0.4, -0.2) is 34.6 Å². The van der Waals surface area contributed by atoms with Crippen molar-refractivity contribution >= 4 is 0 Å². The largest absolute Gasteiger partial charge is 0.504 e. The molecule has 9 heteroatoms. The number of H-pyrrole nitrogens is 1. The summed E-state index contributed by atoms with van der Waals surface area (Å²) in [5.41, 5.74) is -0.251. The van der Waals surface area contributed by atoms with Gasteiger partial charge in [-0.2, -0.15) is 18.3 Å². The monoisotopic (exact) mass is 482 g/mol. The van der Waals surface area contributed by atoms with Crippen molar-refractivity contribution in [3.05, 3.63) is 88.6 Å². The van der Waals surface area contributed by atoms with E-state index in [0.29, 0.717) is 16.7 Å². The van der Waals surface area contributed by atoms with Gasteiger partial charge in [0.25, 0.3) is 0 Å². The lowest BCUT2D eigenvalue weighted by atomic mass is 9.69. The van der Waals surface area contributed by atoms with Crippen molar-refractivity contribution < 1.29 is 32.9 Å². The number of benzene rings is 3. The molecular formula is C26H21F3N2O4. The van der Waals surface area contributed by atoms with Crippen LogP contribution in [0.1, 0.15) is 27.8 Å². The van der Waals surface area contributed by atoms with Crippen molar-refractivity contribution in [1.29, 1.82) is 0 Å². The molecule has 35 heavy (non-hydrogen) atoms. The summed E-state index contributed by atoms with van der Waals surface area (Å²) in [7, 11) is 2.75. The molecule has 4 aromatic rings. The van der Waals surface area contributed by atoms with Gasteiger partial charge in [-0.15, -0.1) is 0 Å². The van der Waals surface area contributed by atoms with Gasteiger partial charge in [0, 0.05) is 11.8 Å². The van der Waals surface area contributed by atoms with Crippen LogP contribution in [0.5, 0.6) is 23.0 Å². The van der Waals surface area contributed by atoms with Crippen molar-refractivity contribution in [3.8, 4) is 34.3 Å². The Balaban J connectivity index is 1.89. The lowest BCUT2D eigenvalue weighted by molar-refractivity contribution is -0.137. The molecule has 1 heterocycles. The molecule has 0 unspecified atom stereocenters. The van der Waals surface area contributed by atoms with Gasteiger partial charge in [0.2, 0.25) is 0 Å². The number of hydrogen-bond acceptors (Lipinski definition) is 5. The fraction of sp³-hybridized carbons (Fsp3) is 0.192. The molecule has 6 nitrogen and oxygen atoms in total. The van der Waals surface area contributed by atoms with Crippen LogP contribution in [0.3, 0.4) is 0 Å². The van der Waals surface area contributed by atoms with Crippen LogP contribution < -0.4 is 9.47 Å². The highest BCUT2D eigenvalue weighted by molar-refractivity contribution is 5.74. The zero-order valence-corrected chi connectivity index (χ0v) is 18.8. The van der Waals surface area contributed by atoms with Gasteiger partial charge < -0.3 is 19.7 Å². The van der Waals surface area contributed by atoms with E-state index in [1.54, 1.807) is 30.3 Å². The Morgan fingerprint density at radius 1 is 0.886 bits per heavy atom. The van der Waals surface area contributed by atoms with Crippen LogP contribution in [0.15, 0.2) is 60.8 Å². The highest BCUT2D eigenvalue weighted by Crippen LogP contribution is 2.55. The van der Waals surface area contributed by atoms with Gasteiger partial charge in [-0.3, -0.25) is 5.10 Å². The van der Waals surface area contributed by atoms with E-state index < -0.39 is 17.2 Å². The molecule has 5 rings (SSSR count). The van der Waals surface area contributed by atoms with Gasteiger partial charge in [0.15, 0.2) is 23.0 Å². The number of nitrogens with one attached hydrogen (secondary N) is 1. The molecule has 0 atom stereocenters. The third-order valence-corrected chi connectivity index (χ3v) is 6.53. The van der Waals surface area contributed by atoms with E-state index >= 15 is 0 Å². The molecule has 1 aromatic heterocycles. The van der Waals surface area contributed by atoms with Crippen LogP contribution >= 0.6 is 0 Å². The van der Waals surface area contributed by atoms with E-state index in [-0.39, 0.29) is 46.2 Å². The zero-order chi connectivity index (χ0) is 25.0. The first-order chi connectivity index (χ1) is 16.7. The second-order valence-corrected chi connectivity index (χ2v) is 8.38. The van der Waals surface area contributed by atoms with Gasteiger partial charge in [-0.25, -0.2) is 0 Å². The van der Waals surface area contributed by atoms with E-state index in [1.807, 2.05) is 0 Å². The quantitative estimate of drug-likeness (QED) is 0.354. The second kappa shape index (κ2) is 7.97. The Labute approximate surface area is 198 Å². The summed E-state index contributed by atoms with van der Waals surface area (Å²) in [6.07, 6.45) is -3.01. The van der Waals surface area contributed by atoms with Crippen molar-refractivity contribution in [2.24, 2.45) is 0 Å². The molecule has 0 radical (unpaired) electrons. The number of nitrogens with zero attached hydrogens (tertiary/aromatic N) is 1. The van der Waals surface area contributed by atoms with Gasteiger partial charge >= 0.3 is 6.18 Å². The Kier molecular flexibility index (Phi) is 5.16. The van der Waals surface area contributed by atoms with Crippen LogP contribution in [-0.2, 0) is 18.0 Å². The maximum Gasteiger partial charge on any atom is 0.417 e. The summed E-state index contributed by atoms with van der Waals surface area (Å²) in [5.74, 6) is 0.00251. The fourth-order valence-corrected chi connectivity index (χ4v) is 5.03. The first kappa shape index (κ1) is 22.6. The Morgan fingerprint density at radius 2 is 1.49 bits per heavy atom. The van der Waals surface area contributed by atoms with Crippen molar-refractivity contribution in [3.63, 3.8) is 0 Å². The molecule has 0 amide bonds. The molecule has 0 saturated carbocycles. The standard InChI is InChI=1S/C26H21F3N2O4/c1-34-22-11-15(3-5-20(22)32)25(16-4-6-21(33)23(12-16)35-2)13-14-9-17(19-7-8-30-31-19)24(18(25)10-14)26(27,28)29/h3-12,32-33H,13H2,1-2H3,(H,30,31). The zero-order valence-electron chi connectivity index (χ0n) is 18.8. The number of phenols is 2. The molecule has 0 saturated heterocycles. The number of fused-ring (bicyclic) bond motifs is 2. The van der Waals surface area contributed by atoms with Crippen LogP contribution in [0.4, 0.5) is 13.2 Å².